The highest BCUT2D eigenvalue weighted by Gasteiger charge is 2.30. The van der Waals surface area contributed by atoms with Gasteiger partial charge in [0.15, 0.2) is 5.82 Å². The Kier molecular flexibility index (Phi) is 3.38. The fourth-order valence-electron chi connectivity index (χ4n) is 2.28. The standard InChI is InChI=1S/C14H15N5O2S/c20-11(15-8-10-2-1-7-21-10)5-6-12-18-19-13(9-3-4-9)16-17-14(19)22-12/h1-2,7,9H,3-6,8H2,(H,15,20). The van der Waals surface area contributed by atoms with E-state index in [4.69, 9.17) is 4.42 Å². The summed E-state index contributed by atoms with van der Waals surface area (Å²) in [6, 6.07) is 3.64. The molecule has 0 atom stereocenters. The van der Waals surface area contributed by atoms with Crippen molar-refractivity contribution in [2.75, 3.05) is 0 Å². The van der Waals surface area contributed by atoms with Crippen LogP contribution in [0.4, 0.5) is 0 Å². The smallest absolute Gasteiger partial charge is 0.234 e. The van der Waals surface area contributed by atoms with Crippen LogP contribution < -0.4 is 5.32 Å². The number of nitrogens with one attached hydrogen (secondary N) is 1. The average molecular weight is 317 g/mol. The normalized spacial score (nSPS) is 14.5. The zero-order valence-corrected chi connectivity index (χ0v) is 12.7. The molecular formula is C14H15N5O2S. The molecule has 0 bridgehead atoms. The molecule has 7 nitrogen and oxygen atoms in total. The van der Waals surface area contributed by atoms with Gasteiger partial charge < -0.3 is 9.73 Å². The highest BCUT2D eigenvalue weighted by molar-refractivity contribution is 7.16. The number of hydrogen-bond donors (Lipinski definition) is 1. The average Bonchev–Trinajstić information content (AvgIpc) is 2.94. The maximum absolute atomic E-state index is 11.8. The van der Waals surface area contributed by atoms with Crippen molar-refractivity contribution in [3.63, 3.8) is 0 Å². The Morgan fingerprint density at radius 2 is 2.36 bits per heavy atom. The molecule has 3 heterocycles. The Labute approximate surface area is 130 Å². The zero-order chi connectivity index (χ0) is 14.9. The highest BCUT2D eigenvalue weighted by atomic mass is 32.1. The van der Waals surface area contributed by atoms with Crippen LogP contribution in [0.15, 0.2) is 22.8 Å². The van der Waals surface area contributed by atoms with Crippen LogP contribution in [0.2, 0.25) is 0 Å². The van der Waals surface area contributed by atoms with Crippen molar-refractivity contribution in [2.24, 2.45) is 0 Å². The van der Waals surface area contributed by atoms with Crippen LogP contribution in [0.25, 0.3) is 4.96 Å². The summed E-state index contributed by atoms with van der Waals surface area (Å²) in [4.78, 5) is 12.7. The van der Waals surface area contributed by atoms with Gasteiger partial charge in [0.05, 0.1) is 12.8 Å². The molecule has 0 aromatic carbocycles. The lowest BCUT2D eigenvalue weighted by Crippen LogP contribution is -2.22. The first kappa shape index (κ1) is 13.4. The fourth-order valence-corrected chi connectivity index (χ4v) is 3.12. The van der Waals surface area contributed by atoms with Crippen molar-refractivity contribution in [3.8, 4) is 0 Å². The minimum absolute atomic E-state index is 0.00946. The third kappa shape index (κ3) is 2.74. The third-order valence-corrected chi connectivity index (χ3v) is 4.56. The Hall–Kier alpha value is -2.22. The second kappa shape index (κ2) is 5.53. The number of fused-ring (bicyclic) bond motifs is 1. The molecule has 1 fully saturated rings. The number of carbonyl (C=O) groups excluding carboxylic acids is 1. The Bertz CT molecular complexity index is 787. The van der Waals surface area contributed by atoms with E-state index in [2.05, 4.69) is 20.6 Å². The highest BCUT2D eigenvalue weighted by Crippen LogP contribution is 2.39. The van der Waals surface area contributed by atoms with E-state index in [1.54, 1.807) is 12.3 Å². The molecule has 3 aromatic rings. The lowest BCUT2D eigenvalue weighted by molar-refractivity contribution is -0.121. The van der Waals surface area contributed by atoms with Crippen molar-refractivity contribution >= 4 is 22.2 Å². The summed E-state index contributed by atoms with van der Waals surface area (Å²) in [5.41, 5.74) is 0. The van der Waals surface area contributed by atoms with Crippen LogP contribution >= 0.6 is 11.3 Å². The molecule has 22 heavy (non-hydrogen) atoms. The molecule has 1 saturated carbocycles. The molecule has 1 amide bonds. The van der Waals surface area contributed by atoms with Gasteiger partial charge in [-0.1, -0.05) is 11.3 Å². The van der Waals surface area contributed by atoms with Crippen LogP contribution in [0, 0.1) is 0 Å². The van der Waals surface area contributed by atoms with E-state index in [1.165, 1.54) is 24.2 Å². The van der Waals surface area contributed by atoms with Gasteiger partial charge >= 0.3 is 0 Å². The van der Waals surface area contributed by atoms with Crippen LogP contribution in [0.1, 0.15) is 41.8 Å². The first-order chi connectivity index (χ1) is 10.8. The third-order valence-electron chi connectivity index (χ3n) is 3.61. The molecule has 1 aliphatic carbocycles. The number of hydrogen-bond acceptors (Lipinski definition) is 6. The van der Waals surface area contributed by atoms with Crippen molar-refractivity contribution < 1.29 is 9.21 Å². The number of furan rings is 1. The first-order valence-electron chi connectivity index (χ1n) is 7.29. The summed E-state index contributed by atoms with van der Waals surface area (Å²) in [6.45, 7) is 0.419. The fraction of sp³-hybridized carbons (Fsp3) is 0.429. The lowest BCUT2D eigenvalue weighted by atomic mass is 10.3. The van der Waals surface area contributed by atoms with E-state index in [1.807, 2.05) is 10.6 Å². The first-order valence-corrected chi connectivity index (χ1v) is 8.11. The number of aryl methyl sites for hydroxylation is 1. The number of carbonyl (C=O) groups is 1. The van der Waals surface area contributed by atoms with Gasteiger partial charge in [-0.2, -0.15) is 9.61 Å². The van der Waals surface area contributed by atoms with Crippen LogP contribution in [0.3, 0.4) is 0 Å². The molecule has 1 aliphatic rings. The summed E-state index contributed by atoms with van der Waals surface area (Å²) >= 11 is 1.50. The van der Waals surface area contributed by atoms with Crippen molar-refractivity contribution in [1.29, 1.82) is 0 Å². The van der Waals surface area contributed by atoms with Crippen LogP contribution in [-0.4, -0.2) is 25.7 Å². The molecule has 4 rings (SSSR count). The second-order valence-electron chi connectivity index (χ2n) is 5.38. The summed E-state index contributed by atoms with van der Waals surface area (Å²) in [5, 5.41) is 16.6. The molecule has 1 N–H and O–H groups in total. The monoisotopic (exact) mass is 317 g/mol. The maximum Gasteiger partial charge on any atom is 0.234 e. The van der Waals surface area contributed by atoms with Gasteiger partial charge in [-0.25, -0.2) is 0 Å². The molecule has 8 heteroatoms. The lowest BCUT2D eigenvalue weighted by Gasteiger charge is -2.01. The zero-order valence-electron chi connectivity index (χ0n) is 11.9. The number of amides is 1. The minimum Gasteiger partial charge on any atom is -0.467 e. The summed E-state index contributed by atoms with van der Waals surface area (Å²) in [6.07, 6.45) is 4.95. The molecule has 0 aliphatic heterocycles. The Balaban J connectivity index is 1.34. The van der Waals surface area contributed by atoms with Gasteiger partial charge in [-0.3, -0.25) is 4.79 Å². The Morgan fingerprint density at radius 1 is 1.45 bits per heavy atom. The van der Waals surface area contributed by atoms with Gasteiger partial charge in [0, 0.05) is 18.8 Å². The van der Waals surface area contributed by atoms with E-state index in [-0.39, 0.29) is 5.91 Å². The quantitative estimate of drug-likeness (QED) is 0.750. The SMILES string of the molecule is O=C(CCc1nn2c(C3CC3)nnc2s1)NCc1ccco1. The summed E-state index contributed by atoms with van der Waals surface area (Å²) in [5.74, 6) is 2.22. The van der Waals surface area contributed by atoms with E-state index in [9.17, 15) is 4.79 Å². The van der Waals surface area contributed by atoms with Gasteiger partial charge in [-0.15, -0.1) is 10.2 Å². The molecular weight excluding hydrogens is 302 g/mol. The summed E-state index contributed by atoms with van der Waals surface area (Å²) < 4.78 is 7.01. The van der Waals surface area contributed by atoms with E-state index in [0.717, 1.165) is 21.6 Å². The summed E-state index contributed by atoms with van der Waals surface area (Å²) in [7, 11) is 0. The molecule has 0 saturated heterocycles. The van der Waals surface area contributed by atoms with E-state index in [0.29, 0.717) is 25.3 Å². The van der Waals surface area contributed by atoms with E-state index < -0.39 is 0 Å². The number of rotatable bonds is 6. The molecule has 114 valence electrons. The molecule has 3 aromatic heterocycles. The maximum atomic E-state index is 11.8. The predicted molar refractivity (Wildman–Crippen MR) is 79.5 cm³/mol. The van der Waals surface area contributed by atoms with Crippen molar-refractivity contribution in [1.82, 2.24) is 25.1 Å². The number of aromatic nitrogens is 4. The largest absolute Gasteiger partial charge is 0.467 e. The number of nitrogens with zero attached hydrogens (tertiary/aromatic N) is 4. The topological polar surface area (TPSA) is 85.3 Å². The molecule has 0 spiro atoms. The predicted octanol–water partition coefficient (Wildman–Crippen LogP) is 1.91. The minimum atomic E-state index is -0.00946. The van der Waals surface area contributed by atoms with Gasteiger partial charge in [-0.05, 0) is 25.0 Å². The van der Waals surface area contributed by atoms with Gasteiger partial charge in [0.1, 0.15) is 10.8 Å². The van der Waals surface area contributed by atoms with Gasteiger partial charge in [0.2, 0.25) is 10.9 Å². The Morgan fingerprint density at radius 3 is 3.14 bits per heavy atom. The van der Waals surface area contributed by atoms with Gasteiger partial charge in [0.25, 0.3) is 0 Å². The molecule has 0 unspecified atom stereocenters. The van der Waals surface area contributed by atoms with Crippen molar-refractivity contribution in [2.45, 2.75) is 38.1 Å². The molecule has 0 radical (unpaired) electrons. The van der Waals surface area contributed by atoms with Crippen LogP contribution in [-0.2, 0) is 17.8 Å². The van der Waals surface area contributed by atoms with Crippen LogP contribution in [0.5, 0.6) is 0 Å². The second-order valence-corrected chi connectivity index (χ2v) is 6.42. The van der Waals surface area contributed by atoms with Crippen molar-refractivity contribution in [3.05, 3.63) is 35.0 Å². The van der Waals surface area contributed by atoms with E-state index >= 15 is 0 Å².